The van der Waals surface area contributed by atoms with E-state index in [4.69, 9.17) is 11.5 Å². The van der Waals surface area contributed by atoms with E-state index < -0.39 is 4.92 Å². The first-order valence-corrected chi connectivity index (χ1v) is 8.21. The number of hydrogen-bond acceptors (Lipinski definition) is 7. The molecule has 0 amide bonds. The van der Waals surface area contributed by atoms with Crippen LogP contribution in [-0.2, 0) is 0 Å². The molecule has 0 radical (unpaired) electrons. The number of thiazole rings is 1. The summed E-state index contributed by atoms with van der Waals surface area (Å²) in [4.78, 5) is 21.5. The van der Waals surface area contributed by atoms with Crippen LogP contribution in [0.25, 0.3) is 0 Å². The first kappa shape index (κ1) is 16.1. The molecule has 0 fully saturated rings. The topological polar surface area (TPSA) is 148 Å². The number of hydrogen-bond donors (Lipinski definition) is 4. The van der Waals surface area contributed by atoms with Crippen molar-refractivity contribution in [3.05, 3.63) is 39.0 Å². The highest BCUT2D eigenvalue weighted by atomic mass is 32.2. The van der Waals surface area contributed by atoms with Crippen molar-refractivity contribution in [2.24, 2.45) is 16.5 Å². The molecule has 118 valence electrons. The molecule has 11 heteroatoms. The molecule has 0 saturated carbocycles. The van der Waals surface area contributed by atoms with Gasteiger partial charge in [-0.2, -0.15) is 0 Å². The minimum absolute atomic E-state index is 0.00142. The van der Waals surface area contributed by atoms with E-state index in [-0.39, 0.29) is 17.0 Å². The van der Waals surface area contributed by atoms with Gasteiger partial charge in [-0.05, 0) is 0 Å². The second-order valence-electron chi connectivity index (χ2n) is 4.11. The van der Waals surface area contributed by atoms with Crippen molar-refractivity contribution < 1.29 is 4.92 Å². The standard InChI is InChI=1S/C11H15N7O2S2/c12-11(13)17-10(7-5-21-6-16-7)22-4-3-15-9-8(18(19)20)1-2-14-9/h1-2,5-6,10,14-15H,3-4H2,(H4,12,13,17). The van der Waals surface area contributed by atoms with Gasteiger partial charge in [0.15, 0.2) is 11.8 Å². The van der Waals surface area contributed by atoms with Crippen molar-refractivity contribution >= 4 is 40.6 Å². The third-order valence-electron chi connectivity index (χ3n) is 2.57. The van der Waals surface area contributed by atoms with Crippen LogP contribution >= 0.6 is 23.1 Å². The largest absolute Gasteiger partial charge is 0.370 e. The molecular weight excluding hydrogens is 326 g/mol. The Labute approximate surface area is 134 Å². The molecule has 2 aromatic heterocycles. The molecule has 0 bridgehead atoms. The number of nitrogens with two attached hydrogens (primary N) is 2. The number of thioether (sulfide) groups is 1. The molecule has 0 saturated heterocycles. The van der Waals surface area contributed by atoms with Gasteiger partial charge in [0, 0.05) is 29.9 Å². The molecule has 0 aliphatic rings. The quantitative estimate of drug-likeness (QED) is 0.187. The predicted molar refractivity (Wildman–Crippen MR) is 89.1 cm³/mol. The van der Waals surface area contributed by atoms with Crippen molar-refractivity contribution in [3.63, 3.8) is 0 Å². The number of nitrogens with one attached hydrogen (secondary N) is 2. The van der Waals surface area contributed by atoms with Crippen LogP contribution in [0.5, 0.6) is 0 Å². The van der Waals surface area contributed by atoms with Gasteiger partial charge >= 0.3 is 5.69 Å². The zero-order chi connectivity index (χ0) is 15.9. The second kappa shape index (κ2) is 7.66. The fourth-order valence-electron chi connectivity index (χ4n) is 1.67. The van der Waals surface area contributed by atoms with Crippen molar-refractivity contribution in [1.82, 2.24) is 9.97 Å². The fraction of sp³-hybridized carbons (Fsp3) is 0.273. The van der Waals surface area contributed by atoms with Crippen LogP contribution < -0.4 is 16.8 Å². The van der Waals surface area contributed by atoms with Gasteiger partial charge in [-0.3, -0.25) is 10.1 Å². The van der Waals surface area contributed by atoms with Gasteiger partial charge in [-0.25, -0.2) is 9.98 Å². The molecule has 2 aromatic rings. The Kier molecular flexibility index (Phi) is 5.61. The van der Waals surface area contributed by atoms with Gasteiger partial charge in [0.25, 0.3) is 0 Å². The van der Waals surface area contributed by atoms with E-state index in [2.05, 4.69) is 20.3 Å². The molecule has 0 aromatic carbocycles. The van der Waals surface area contributed by atoms with Crippen LogP contribution in [0, 0.1) is 10.1 Å². The van der Waals surface area contributed by atoms with Crippen LogP contribution in [0.4, 0.5) is 11.5 Å². The van der Waals surface area contributed by atoms with Crippen molar-refractivity contribution in [1.29, 1.82) is 0 Å². The van der Waals surface area contributed by atoms with E-state index in [0.717, 1.165) is 5.69 Å². The number of H-pyrrole nitrogens is 1. The minimum Gasteiger partial charge on any atom is -0.370 e. The number of aromatic nitrogens is 2. The normalized spacial score (nSPS) is 11.8. The van der Waals surface area contributed by atoms with Crippen molar-refractivity contribution in [2.75, 3.05) is 17.6 Å². The van der Waals surface area contributed by atoms with E-state index in [1.165, 1.54) is 35.4 Å². The van der Waals surface area contributed by atoms with E-state index in [1.54, 1.807) is 5.51 Å². The summed E-state index contributed by atoms with van der Waals surface area (Å²) in [5, 5.41) is 15.4. The number of nitro groups is 1. The Morgan fingerprint density at radius 2 is 2.45 bits per heavy atom. The van der Waals surface area contributed by atoms with Crippen molar-refractivity contribution in [2.45, 2.75) is 5.37 Å². The SMILES string of the molecule is NC(N)=NC(SCCNc1[nH]ccc1[N+](=O)[O-])c1cscn1. The molecule has 22 heavy (non-hydrogen) atoms. The molecule has 2 rings (SSSR count). The zero-order valence-corrected chi connectivity index (χ0v) is 13.1. The minimum atomic E-state index is -0.441. The first-order chi connectivity index (χ1) is 10.6. The molecule has 0 spiro atoms. The number of nitrogens with zero attached hydrogens (tertiary/aromatic N) is 3. The van der Waals surface area contributed by atoms with Gasteiger partial charge in [0.05, 0.1) is 16.1 Å². The smallest absolute Gasteiger partial charge is 0.310 e. The number of guanidine groups is 1. The van der Waals surface area contributed by atoms with Gasteiger partial charge in [-0.1, -0.05) is 0 Å². The molecule has 1 atom stereocenters. The van der Waals surface area contributed by atoms with Gasteiger partial charge in [-0.15, -0.1) is 23.1 Å². The Morgan fingerprint density at radius 1 is 1.64 bits per heavy atom. The Hall–Kier alpha value is -2.27. The summed E-state index contributed by atoms with van der Waals surface area (Å²) < 4.78 is 0. The lowest BCUT2D eigenvalue weighted by Gasteiger charge is -2.10. The van der Waals surface area contributed by atoms with Gasteiger partial charge in [0.1, 0.15) is 5.37 Å². The number of aromatic amines is 1. The molecule has 1 unspecified atom stereocenters. The summed E-state index contributed by atoms with van der Waals surface area (Å²) in [6.45, 7) is 0.520. The fourth-order valence-corrected chi connectivity index (χ4v) is 3.27. The molecule has 9 nitrogen and oxygen atoms in total. The van der Waals surface area contributed by atoms with Crippen LogP contribution in [0.1, 0.15) is 11.1 Å². The lowest BCUT2D eigenvalue weighted by Crippen LogP contribution is -2.23. The highest BCUT2D eigenvalue weighted by Crippen LogP contribution is 2.30. The summed E-state index contributed by atoms with van der Waals surface area (Å²) in [5.74, 6) is 1.03. The average molecular weight is 341 g/mol. The van der Waals surface area contributed by atoms with Crippen LogP contribution in [0.15, 0.2) is 28.1 Å². The summed E-state index contributed by atoms with van der Waals surface area (Å²) >= 11 is 2.96. The highest BCUT2D eigenvalue weighted by Gasteiger charge is 2.15. The van der Waals surface area contributed by atoms with Gasteiger partial charge in [0.2, 0.25) is 0 Å². The molecule has 6 N–H and O–H groups in total. The van der Waals surface area contributed by atoms with Crippen LogP contribution in [-0.4, -0.2) is 33.1 Å². The van der Waals surface area contributed by atoms with E-state index >= 15 is 0 Å². The Bertz CT molecular complexity index is 637. The second-order valence-corrected chi connectivity index (χ2v) is 6.02. The maximum Gasteiger partial charge on any atom is 0.310 e. The lowest BCUT2D eigenvalue weighted by atomic mass is 10.5. The summed E-state index contributed by atoms with van der Waals surface area (Å²) in [7, 11) is 0. The zero-order valence-electron chi connectivity index (χ0n) is 11.4. The van der Waals surface area contributed by atoms with E-state index in [9.17, 15) is 10.1 Å². The number of anilines is 1. The van der Waals surface area contributed by atoms with Crippen molar-refractivity contribution in [3.8, 4) is 0 Å². The first-order valence-electron chi connectivity index (χ1n) is 6.22. The lowest BCUT2D eigenvalue weighted by molar-refractivity contribution is -0.383. The Balaban J connectivity index is 1.87. The molecule has 2 heterocycles. The molecular formula is C11H15N7O2S2. The summed E-state index contributed by atoms with van der Waals surface area (Å²) in [6.07, 6.45) is 1.52. The summed E-state index contributed by atoms with van der Waals surface area (Å²) in [6, 6.07) is 1.41. The number of rotatable bonds is 8. The monoisotopic (exact) mass is 341 g/mol. The number of aliphatic imine (C=N–C) groups is 1. The van der Waals surface area contributed by atoms with E-state index in [1.807, 2.05) is 5.38 Å². The predicted octanol–water partition coefficient (Wildman–Crippen LogP) is 1.50. The van der Waals surface area contributed by atoms with Crippen LogP contribution in [0.2, 0.25) is 0 Å². The van der Waals surface area contributed by atoms with Crippen LogP contribution in [0.3, 0.4) is 0 Å². The molecule has 0 aliphatic carbocycles. The summed E-state index contributed by atoms with van der Waals surface area (Å²) in [5.41, 5.74) is 13.4. The third-order valence-corrected chi connectivity index (χ3v) is 4.28. The maximum atomic E-state index is 10.8. The maximum absolute atomic E-state index is 10.8. The van der Waals surface area contributed by atoms with E-state index in [0.29, 0.717) is 18.1 Å². The highest BCUT2D eigenvalue weighted by molar-refractivity contribution is 7.99. The average Bonchev–Trinajstić information content (AvgIpc) is 3.12. The molecule has 0 aliphatic heterocycles. The Morgan fingerprint density at radius 3 is 3.09 bits per heavy atom. The van der Waals surface area contributed by atoms with Gasteiger partial charge < -0.3 is 21.8 Å². The third kappa shape index (κ3) is 4.36.